The molecule has 0 saturated heterocycles. The normalized spacial score (nSPS) is 14.9. The van der Waals surface area contributed by atoms with E-state index in [9.17, 15) is 14.3 Å². The van der Waals surface area contributed by atoms with Gasteiger partial charge in [-0.25, -0.2) is 9.37 Å². The van der Waals surface area contributed by atoms with Crippen molar-refractivity contribution in [3.05, 3.63) is 83.4 Å². The number of aliphatic imine (C=N–C) groups is 1. The SMILES string of the molecule is CC(C)(C)C(CC(=O)O)(c1ccc(F)cc1)c1ccnc(Oc2ccc(CNC3=NCCN3)cc2)n1. The van der Waals surface area contributed by atoms with Crippen molar-refractivity contribution >= 4 is 11.9 Å². The lowest BCUT2D eigenvalue weighted by Gasteiger charge is -2.44. The van der Waals surface area contributed by atoms with E-state index in [0.717, 1.165) is 24.6 Å². The molecule has 3 aromatic rings. The second-order valence-corrected chi connectivity index (χ2v) is 9.71. The fraction of sp³-hybridized carbons (Fsp3) is 0.333. The van der Waals surface area contributed by atoms with Crippen molar-refractivity contribution in [2.24, 2.45) is 10.4 Å². The standard InChI is InChI=1S/C27H30FN5O3/c1-26(2,3)27(16-23(34)35,19-6-8-20(28)9-7-19)22-12-13-31-25(33-22)36-21-10-4-18(5-11-21)17-32-24-29-14-15-30-24/h4-13H,14-17H2,1-3H3,(H,34,35)(H2,29,30,32). The summed E-state index contributed by atoms with van der Waals surface area (Å²) in [7, 11) is 0. The molecule has 1 aromatic heterocycles. The van der Waals surface area contributed by atoms with Crippen LogP contribution in [0.3, 0.4) is 0 Å². The van der Waals surface area contributed by atoms with Crippen LogP contribution < -0.4 is 15.4 Å². The van der Waals surface area contributed by atoms with Crippen molar-refractivity contribution in [1.29, 1.82) is 0 Å². The van der Waals surface area contributed by atoms with Gasteiger partial charge in [-0.1, -0.05) is 45.0 Å². The molecule has 0 spiro atoms. The molecular weight excluding hydrogens is 461 g/mol. The van der Waals surface area contributed by atoms with Crippen molar-refractivity contribution in [1.82, 2.24) is 20.6 Å². The van der Waals surface area contributed by atoms with Gasteiger partial charge in [-0.15, -0.1) is 0 Å². The Morgan fingerprint density at radius 1 is 1.11 bits per heavy atom. The Morgan fingerprint density at radius 3 is 2.44 bits per heavy atom. The number of carboxylic acids is 1. The van der Waals surface area contributed by atoms with Crippen LogP contribution >= 0.6 is 0 Å². The van der Waals surface area contributed by atoms with Crippen LogP contribution in [-0.2, 0) is 16.8 Å². The van der Waals surface area contributed by atoms with Crippen LogP contribution in [0.5, 0.6) is 11.8 Å². The number of halogens is 1. The van der Waals surface area contributed by atoms with Crippen LogP contribution in [0.15, 0.2) is 65.8 Å². The van der Waals surface area contributed by atoms with Crippen LogP contribution in [0.25, 0.3) is 0 Å². The van der Waals surface area contributed by atoms with Crippen LogP contribution in [0.2, 0.25) is 0 Å². The summed E-state index contributed by atoms with van der Waals surface area (Å²) < 4.78 is 19.7. The van der Waals surface area contributed by atoms with Gasteiger partial charge in [0.15, 0.2) is 5.96 Å². The van der Waals surface area contributed by atoms with E-state index >= 15 is 0 Å². The molecule has 2 heterocycles. The van der Waals surface area contributed by atoms with E-state index in [2.05, 4.69) is 25.6 Å². The van der Waals surface area contributed by atoms with E-state index in [4.69, 9.17) is 4.74 Å². The molecule has 0 radical (unpaired) electrons. The Kier molecular flexibility index (Phi) is 7.19. The number of carboxylic acid groups (broad SMARTS) is 1. The molecular formula is C27H30FN5O3. The molecule has 4 rings (SSSR count). The number of rotatable bonds is 8. The average molecular weight is 492 g/mol. The molecule has 1 aliphatic rings. The molecule has 1 atom stereocenters. The summed E-state index contributed by atoms with van der Waals surface area (Å²) in [6.45, 7) is 8.08. The summed E-state index contributed by atoms with van der Waals surface area (Å²) in [6, 6.07) is 15.2. The lowest BCUT2D eigenvalue weighted by molar-refractivity contribution is -0.139. The number of aromatic nitrogens is 2. The predicted molar refractivity (Wildman–Crippen MR) is 135 cm³/mol. The number of benzene rings is 2. The van der Waals surface area contributed by atoms with E-state index in [-0.39, 0.29) is 12.4 Å². The summed E-state index contributed by atoms with van der Waals surface area (Å²) in [6.07, 6.45) is 1.32. The molecule has 36 heavy (non-hydrogen) atoms. The third-order valence-electron chi connectivity index (χ3n) is 6.37. The van der Waals surface area contributed by atoms with E-state index in [1.54, 1.807) is 24.4 Å². The van der Waals surface area contributed by atoms with Crippen LogP contribution in [0.4, 0.5) is 4.39 Å². The Balaban J connectivity index is 1.62. The minimum absolute atomic E-state index is 0.101. The molecule has 2 aromatic carbocycles. The number of aliphatic carboxylic acids is 1. The van der Waals surface area contributed by atoms with Gasteiger partial charge in [-0.2, -0.15) is 4.98 Å². The molecule has 1 aliphatic heterocycles. The van der Waals surface area contributed by atoms with Gasteiger partial charge in [-0.3, -0.25) is 9.79 Å². The molecule has 3 N–H and O–H groups in total. The highest BCUT2D eigenvalue weighted by Gasteiger charge is 2.48. The molecule has 1 unspecified atom stereocenters. The van der Waals surface area contributed by atoms with E-state index < -0.39 is 22.6 Å². The smallest absolute Gasteiger partial charge is 0.322 e. The van der Waals surface area contributed by atoms with Crippen LogP contribution in [-0.4, -0.2) is 40.1 Å². The number of hydrogen-bond donors (Lipinski definition) is 3. The largest absolute Gasteiger partial charge is 0.481 e. The molecule has 0 amide bonds. The zero-order chi connectivity index (χ0) is 25.8. The molecule has 0 fully saturated rings. The number of nitrogens with one attached hydrogen (secondary N) is 2. The molecule has 0 bridgehead atoms. The Morgan fingerprint density at radius 2 is 1.83 bits per heavy atom. The molecule has 0 saturated carbocycles. The maximum absolute atomic E-state index is 13.7. The zero-order valence-electron chi connectivity index (χ0n) is 20.6. The Bertz CT molecular complexity index is 1240. The number of guanidine groups is 1. The average Bonchev–Trinajstić information content (AvgIpc) is 3.36. The highest BCUT2D eigenvalue weighted by Crippen LogP contribution is 2.49. The van der Waals surface area contributed by atoms with E-state index in [1.165, 1.54) is 12.1 Å². The molecule has 9 heteroatoms. The van der Waals surface area contributed by atoms with Gasteiger partial charge in [0.05, 0.1) is 24.1 Å². The van der Waals surface area contributed by atoms with Crippen molar-refractivity contribution in [3.63, 3.8) is 0 Å². The van der Waals surface area contributed by atoms with Gasteiger partial charge >= 0.3 is 12.0 Å². The highest BCUT2D eigenvalue weighted by atomic mass is 19.1. The molecule has 8 nitrogen and oxygen atoms in total. The van der Waals surface area contributed by atoms with Crippen LogP contribution in [0, 0.1) is 11.2 Å². The summed E-state index contributed by atoms with van der Waals surface area (Å²) in [5.41, 5.74) is 0.557. The third-order valence-corrected chi connectivity index (χ3v) is 6.37. The Hall–Kier alpha value is -4.01. The van der Waals surface area contributed by atoms with Crippen molar-refractivity contribution < 1.29 is 19.0 Å². The minimum Gasteiger partial charge on any atom is -0.481 e. The monoisotopic (exact) mass is 491 g/mol. The molecule has 0 aliphatic carbocycles. The van der Waals surface area contributed by atoms with Crippen molar-refractivity contribution in [2.45, 2.75) is 39.2 Å². The van der Waals surface area contributed by atoms with E-state index in [0.29, 0.717) is 23.6 Å². The first-order valence-electron chi connectivity index (χ1n) is 11.8. The lowest BCUT2D eigenvalue weighted by atomic mass is 9.59. The summed E-state index contributed by atoms with van der Waals surface area (Å²) in [4.78, 5) is 25.3. The zero-order valence-corrected chi connectivity index (χ0v) is 20.6. The first kappa shape index (κ1) is 25.1. The van der Waals surface area contributed by atoms with Gasteiger partial charge < -0.3 is 20.5 Å². The summed E-state index contributed by atoms with van der Waals surface area (Å²) in [5.74, 6) is -0.0352. The first-order valence-corrected chi connectivity index (χ1v) is 11.8. The topological polar surface area (TPSA) is 109 Å². The van der Waals surface area contributed by atoms with Gasteiger partial charge in [-0.05, 0) is 46.9 Å². The predicted octanol–water partition coefficient (Wildman–Crippen LogP) is 4.26. The van der Waals surface area contributed by atoms with Crippen molar-refractivity contribution in [3.8, 4) is 11.8 Å². The fourth-order valence-electron chi connectivity index (χ4n) is 4.49. The quantitative estimate of drug-likeness (QED) is 0.432. The van der Waals surface area contributed by atoms with E-state index in [1.807, 2.05) is 45.0 Å². The maximum Gasteiger partial charge on any atom is 0.322 e. The number of carbonyl (C=O) groups is 1. The molecule has 188 valence electrons. The fourth-order valence-corrected chi connectivity index (χ4v) is 4.49. The van der Waals surface area contributed by atoms with Gasteiger partial charge in [0.25, 0.3) is 0 Å². The van der Waals surface area contributed by atoms with Gasteiger partial charge in [0.1, 0.15) is 11.6 Å². The first-order chi connectivity index (χ1) is 17.2. The van der Waals surface area contributed by atoms with Gasteiger partial charge in [0.2, 0.25) is 0 Å². The number of nitrogens with zero attached hydrogens (tertiary/aromatic N) is 3. The minimum atomic E-state index is -1.06. The van der Waals surface area contributed by atoms with Crippen molar-refractivity contribution in [2.75, 3.05) is 13.1 Å². The number of ether oxygens (including phenoxy) is 1. The highest BCUT2D eigenvalue weighted by molar-refractivity contribution is 5.81. The second kappa shape index (κ2) is 10.3. The summed E-state index contributed by atoms with van der Waals surface area (Å²) >= 11 is 0. The lowest BCUT2D eigenvalue weighted by Crippen LogP contribution is -2.44. The second-order valence-electron chi connectivity index (χ2n) is 9.71. The Labute approximate surface area is 209 Å². The maximum atomic E-state index is 13.7. The van der Waals surface area contributed by atoms with Gasteiger partial charge in [0, 0.05) is 19.3 Å². The van der Waals surface area contributed by atoms with Crippen LogP contribution in [0.1, 0.15) is 44.0 Å². The number of hydrogen-bond acceptors (Lipinski definition) is 7. The third kappa shape index (κ3) is 5.45. The summed E-state index contributed by atoms with van der Waals surface area (Å²) in [5, 5.41) is 16.3.